The van der Waals surface area contributed by atoms with Crippen LogP contribution in [0.5, 0.6) is 0 Å². The molecular weight excluding hydrogens is 273 g/mol. The van der Waals surface area contributed by atoms with Crippen LogP contribution in [0.3, 0.4) is 0 Å². The molecule has 0 saturated carbocycles. The van der Waals surface area contributed by atoms with Gasteiger partial charge in [0.25, 0.3) is 5.56 Å². The van der Waals surface area contributed by atoms with Gasteiger partial charge in [-0.2, -0.15) is 0 Å². The Morgan fingerprint density at radius 2 is 1.95 bits per heavy atom. The molecule has 0 radical (unpaired) electrons. The van der Waals surface area contributed by atoms with Crippen molar-refractivity contribution in [3.63, 3.8) is 0 Å². The van der Waals surface area contributed by atoms with Crippen LogP contribution >= 0.6 is 0 Å². The topological polar surface area (TPSA) is 64.8 Å². The van der Waals surface area contributed by atoms with Crippen molar-refractivity contribution in [3.8, 4) is 0 Å². The zero-order chi connectivity index (χ0) is 14.8. The molecule has 1 heterocycles. The van der Waals surface area contributed by atoms with E-state index in [2.05, 4.69) is 10.3 Å². The zero-order valence-electron chi connectivity index (χ0n) is 10.9. The Bertz CT molecular complexity index is 889. The highest BCUT2D eigenvalue weighted by atomic mass is 19.1. The maximum Gasteiger partial charge on any atom is 0.278 e. The molecule has 0 amide bonds. The summed E-state index contributed by atoms with van der Waals surface area (Å²) in [5.41, 5.74) is 0.263. The van der Waals surface area contributed by atoms with Crippen LogP contribution in [0.1, 0.15) is 10.4 Å². The Balaban J connectivity index is 1.97. The van der Waals surface area contributed by atoms with Crippen LogP contribution in [-0.2, 0) is 6.54 Å². The molecular formula is C15H10FN3O2. The number of carbonyl (C=O) groups is 1. The SMILES string of the molecule is O=C(Cn1nnc2ccccc2c1=O)c1cccc(F)c1. The van der Waals surface area contributed by atoms with Crippen molar-refractivity contribution in [1.29, 1.82) is 0 Å². The van der Waals surface area contributed by atoms with Crippen LogP contribution in [0.2, 0.25) is 0 Å². The highest BCUT2D eigenvalue weighted by Gasteiger charge is 2.11. The van der Waals surface area contributed by atoms with E-state index in [4.69, 9.17) is 0 Å². The van der Waals surface area contributed by atoms with Gasteiger partial charge in [0.05, 0.1) is 5.39 Å². The van der Waals surface area contributed by atoms with E-state index in [1.54, 1.807) is 24.3 Å². The third kappa shape index (κ3) is 2.55. The van der Waals surface area contributed by atoms with Gasteiger partial charge in [-0.15, -0.1) is 5.10 Å². The van der Waals surface area contributed by atoms with Crippen molar-refractivity contribution < 1.29 is 9.18 Å². The first-order valence-corrected chi connectivity index (χ1v) is 6.26. The second-order valence-corrected chi connectivity index (χ2v) is 4.50. The number of hydrogen-bond acceptors (Lipinski definition) is 4. The van der Waals surface area contributed by atoms with E-state index in [0.717, 1.165) is 10.7 Å². The molecule has 2 aromatic carbocycles. The Morgan fingerprint density at radius 1 is 1.14 bits per heavy atom. The lowest BCUT2D eigenvalue weighted by molar-refractivity contribution is 0.0964. The van der Waals surface area contributed by atoms with E-state index >= 15 is 0 Å². The highest BCUT2D eigenvalue weighted by molar-refractivity contribution is 5.95. The van der Waals surface area contributed by atoms with Crippen molar-refractivity contribution in [2.75, 3.05) is 0 Å². The van der Waals surface area contributed by atoms with Gasteiger partial charge in [0, 0.05) is 5.56 Å². The van der Waals surface area contributed by atoms with Gasteiger partial charge in [-0.25, -0.2) is 9.07 Å². The van der Waals surface area contributed by atoms with E-state index < -0.39 is 17.2 Å². The minimum atomic E-state index is -0.502. The largest absolute Gasteiger partial charge is 0.292 e. The summed E-state index contributed by atoms with van der Waals surface area (Å²) in [6, 6.07) is 12.1. The smallest absolute Gasteiger partial charge is 0.278 e. The van der Waals surface area contributed by atoms with Crippen LogP contribution in [0.15, 0.2) is 53.3 Å². The molecule has 1 aromatic heterocycles. The third-order valence-corrected chi connectivity index (χ3v) is 3.07. The molecule has 21 heavy (non-hydrogen) atoms. The molecule has 3 rings (SSSR count). The summed E-state index contributed by atoms with van der Waals surface area (Å²) in [5.74, 6) is -0.904. The normalized spacial score (nSPS) is 10.7. The van der Waals surface area contributed by atoms with Crippen LogP contribution < -0.4 is 5.56 Å². The summed E-state index contributed by atoms with van der Waals surface area (Å²) in [4.78, 5) is 24.3. The van der Waals surface area contributed by atoms with E-state index in [0.29, 0.717) is 10.9 Å². The Morgan fingerprint density at radius 3 is 2.76 bits per heavy atom. The van der Waals surface area contributed by atoms with Crippen LogP contribution in [0.4, 0.5) is 4.39 Å². The predicted octanol–water partition coefficient (Wildman–Crippen LogP) is 1.81. The standard InChI is InChI=1S/C15H10FN3O2/c16-11-5-3-4-10(8-11)14(20)9-19-15(21)12-6-1-2-7-13(12)17-18-19/h1-8H,9H2. The van der Waals surface area contributed by atoms with Crippen molar-refractivity contribution in [2.45, 2.75) is 6.54 Å². The molecule has 0 spiro atoms. The number of ketones is 1. The summed E-state index contributed by atoms with van der Waals surface area (Å²) < 4.78 is 14.1. The predicted molar refractivity (Wildman–Crippen MR) is 74.5 cm³/mol. The fourth-order valence-corrected chi connectivity index (χ4v) is 2.02. The fourth-order valence-electron chi connectivity index (χ4n) is 2.02. The van der Waals surface area contributed by atoms with Gasteiger partial charge in [0.2, 0.25) is 0 Å². The maximum absolute atomic E-state index is 13.1. The van der Waals surface area contributed by atoms with Crippen molar-refractivity contribution in [3.05, 3.63) is 70.3 Å². The van der Waals surface area contributed by atoms with Gasteiger partial charge < -0.3 is 0 Å². The zero-order valence-corrected chi connectivity index (χ0v) is 10.9. The van der Waals surface area contributed by atoms with E-state index in [1.807, 2.05) is 0 Å². The number of aromatic nitrogens is 3. The Kier molecular flexibility index (Phi) is 3.27. The number of hydrogen-bond donors (Lipinski definition) is 0. The lowest BCUT2D eigenvalue weighted by Gasteiger charge is -2.04. The van der Waals surface area contributed by atoms with Crippen LogP contribution in [-0.4, -0.2) is 20.8 Å². The number of rotatable bonds is 3. The maximum atomic E-state index is 13.1. The van der Waals surface area contributed by atoms with Crippen LogP contribution in [0.25, 0.3) is 10.9 Å². The van der Waals surface area contributed by atoms with Gasteiger partial charge in [0.15, 0.2) is 5.78 Å². The van der Waals surface area contributed by atoms with Gasteiger partial charge in [-0.1, -0.05) is 29.5 Å². The Labute approximate surface area is 118 Å². The second-order valence-electron chi connectivity index (χ2n) is 4.50. The average molecular weight is 283 g/mol. The summed E-state index contributed by atoms with van der Waals surface area (Å²) in [6.07, 6.45) is 0. The number of Topliss-reactive ketones (excluding diaryl/α,β-unsaturated/α-hetero) is 1. The van der Waals surface area contributed by atoms with Crippen molar-refractivity contribution in [1.82, 2.24) is 15.0 Å². The summed E-state index contributed by atoms with van der Waals surface area (Å²) >= 11 is 0. The fraction of sp³-hybridized carbons (Fsp3) is 0.0667. The molecule has 0 aliphatic carbocycles. The molecule has 0 unspecified atom stereocenters. The molecule has 5 nitrogen and oxygen atoms in total. The monoisotopic (exact) mass is 283 g/mol. The lowest BCUT2D eigenvalue weighted by Crippen LogP contribution is -2.27. The number of nitrogens with zero attached hydrogens (tertiary/aromatic N) is 3. The molecule has 0 aliphatic rings. The number of fused-ring (bicyclic) bond motifs is 1. The van der Waals surface area contributed by atoms with Gasteiger partial charge in [0.1, 0.15) is 17.9 Å². The van der Waals surface area contributed by atoms with Gasteiger partial charge >= 0.3 is 0 Å². The molecule has 0 aliphatic heterocycles. The molecule has 104 valence electrons. The summed E-state index contributed by atoms with van der Waals surface area (Å²) in [7, 11) is 0. The van der Waals surface area contributed by atoms with E-state index in [-0.39, 0.29) is 12.1 Å². The molecule has 0 saturated heterocycles. The first-order chi connectivity index (χ1) is 10.1. The Hall–Kier alpha value is -2.89. The summed E-state index contributed by atoms with van der Waals surface area (Å²) in [5, 5.41) is 8.02. The van der Waals surface area contributed by atoms with Crippen LogP contribution in [0, 0.1) is 5.82 Å². The van der Waals surface area contributed by atoms with Gasteiger partial charge in [-0.3, -0.25) is 9.59 Å². The summed E-state index contributed by atoms with van der Waals surface area (Å²) in [6.45, 7) is -0.278. The van der Waals surface area contributed by atoms with E-state index in [1.165, 1.54) is 18.2 Å². The minimum Gasteiger partial charge on any atom is -0.292 e. The van der Waals surface area contributed by atoms with Crippen molar-refractivity contribution in [2.24, 2.45) is 0 Å². The third-order valence-electron chi connectivity index (χ3n) is 3.07. The quantitative estimate of drug-likeness (QED) is 0.688. The number of halogens is 1. The second kappa shape index (κ2) is 5.24. The first-order valence-electron chi connectivity index (χ1n) is 6.26. The highest BCUT2D eigenvalue weighted by Crippen LogP contribution is 2.06. The molecule has 0 fully saturated rings. The van der Waals surface area contributed by atoms with Crippen molar-refractivity contribution >= 4 is 16.7 Å². The van der Waals surface area contributed by atoms with E-state index in [9.17, 15) is 14.0 Å². The minimum absolute atomic E-state index is 0.192. The molecule has 6 heteroatoms. The average Bonchev–Trinajstić information content (AvgIpc) is 2.50. The molecule has 0 atom stereocenters. The molecule has 0 bridgehead atoms. The number of benzene rings is 2. The first kappa shape index (κ1) is 13.1. The van der Waals surface area contributed by atoms with Gasteiger partial charge in [-0.05, 0) is 24.3 Å². The number of carbonyl (C=O) groups excluding carboxylic acids is 1. The lowest BCUT2D eigenvalue weighted by atomic mass is 10.1. The molecule has 0 N–H and O–H groups in total. The molecule has 3 aromatic rings.